The van der Waals surface area contributed by atoms with E-state index >= 15 is 0 Å². The maximum absolute atomic E-state index is 12.0. The molecule has 1 atom stereocenters. The number of carbonyl (C=O) groups is 1. The Morgan fingerprint density at radius 1 is 1.60 bits per heavy atom. The van der Waals surface area contributed by atoms with Gasteiger partial charge in [-0.3, -0.25) is 9.89 Å². The SMILES string of the molecule is CCc1cc(C(=O)NCC2CCn3ccnc3C2)n[nH]1. The topological polar surface area (TPSA) is 75.6 Å². The first-order valence-electron chi connectivity index (χ1n) is 7.08. The summed E-state index contributed by atoms with van der Waals surface area (Å²) in [5.41, 5.74) is 1.45. The van der Waals surface area contributed by atoms with Gasteiger partial charge in [0.15, 0.2) is 0 Å². The largest absolute Gasteiger partial charge is 0.350 e. The van der Waals surface area contributed by atoms with Crippen molar-refractivity contribution in [2.75, 3.05) is 6.54 Å². The molecular formula is C14H19N5O. The zero-order valence-corrected chi connectivity index (χ0v) is 11.6. The highest BCUT2D eigenvalue weighted by Crippen LogP contribution is 2.18. The van der Waals surface area contributed by atoms with Crippen molar-refractivity contribution in [3.05, 3.63) is 35.7 Å². The van der Waals surface area contributed by atoms with Crippen molar-refractivity contribution in [3.8, 4) is 0 Å². The fourth-order valence-corrected chi connectivity index (χ4v) is 2.58. The maximum Gasteiger partial charge on any atom is 0.271 e. The number of imidazole rings is 1. The number of amides is 1. The molecule has 0 radical (unpaired) electrons. The lowest BCUT2D eigenvalue weighted by molar-refractivity contribution is 0.0939. The molecule has 3 heterocycles. The van der Waals surface area contributed by atoms with E-state index in [0.717, 1.165) is 37.3 Å². The third-order valence-corrected chi connectivity index (χ3v) is 3.85. The van der Waals surface area contributed by atoms with E-state index in [1.54, 1.807) is 0 Å². The number of hydrogen-bond donors (Lipinski definition) is 2. The van der Waals surface area contributed by atoms with Gasteiger partial charge >= 0.3 is 0 Å². The molecule has 3 rings (SSSR count). The summed E-state index contributed by atoms with van der Waals surface area (Å²) in [5, 5.41) is 9.86. The monoisotopic (exact) mass is 273 g/mol. The molecule has 0 aromatic carbocycles. The summed E-state index contributed by atoms with van der Waals surface area (Å²) in [6.07, 6.45) is 6.70. The predicted octanol–water partition coefficient (Wildman–Crippen LogP) is 1.16. The van der Waals surface area contributed by atoms with E-state index in [-0.39, 0.29) is 5.91 Å². The highest BCUT2D eigenvalue weighted by Gasteiger charge is 2.20. The third-order valence-electron chi connectivity index (χ3n) is 3.85. The van der Waals surface area contributed by atoms with Crippen LogP contribution in [0.2, 0.25) is 0 Å². The van der Waals surface area contributed by atoms with Crippen LogP contribution < -0.4 is 5.32 Å². The van der Waals surface area contributed by atoms with Crippen LogP contribution in [0.15, 0.2) is 18.5 Å². The second kappa shape index (κ2) is 5.48. The maximum atomic E-state index is 12.0. The summed E-state index contributed by atoms with van der Waals surface area (Å²) >= 11 is 0. The van der Waals surface area contributed by atoms with Gasteiger partial charge in [-0.2, -0.15) is 5.10 Å². The molecule has 0 spiro atoms. The molecule has 0 bridgehead atoms. The smallest absolute Gasteiger partial charge is 0.271 e. The fourth-order valence-electron chi connectivity index (χ4n) is 2.58. The summed E-state index contributed by atoms with van der Waals surface area (Å²) < 4.78 is 2.18. The summed E-state index contributed by atoms with van der Waals surface area (Å²) in [5.74, 6) is 1.47. The van der Waals surface area contributed by atoms with Crippen LogP contribution in [0.1, 0.15) is 35.4 Å². The van der Waals surface area contributed by atoms with Crippen molar-refractivity contribution < 1.29 is 4.79 Å². The molecule has 20 heavy (non-hydrogen) atoms. The van der Waals surface area contributed by atoms with E-state index in [1.807, 2.05) is 25.4 Å². The van der Waals surface area contributed by atoms with Crippen LogP contribution in [-0.4, -0.2) is 32.2 Å². The minimum absolute atomic E-state index is 0.102. The lowest BCUT2D eigenvalue weighted by Crippen LogP contribution is -2.33. The lowest BCUT2D eigenvalue weighted by atomic mass is 9.98. The van der Waals surface area contributed by atoms with Gasteiger partial charge < -0.3 is 9.88 Å². The molecular weight excluding hydrogens is 254 g/mol. The Morgan fingerprint density at radius 2 is 2.50 bits per heavy atom. The molecule has 0 fully saturated rings. The van der Waals surface area contributed by atoms with Gasteiger partial charge in [-0.05, 0) is 24.8 Å². The van der Waals surface area contributed by atoms with Crippen LogP contribution in [0, 0.1) is 5.92 Å². The first-order valence-corrected chi connectivity index (χ1v) is 7.08. The normalized spacial score (nSPS) is 17.8. The Hall–Kier alpha value is -2.11. The van der Waals surface area contributed by atoms with Gasteiger partial charge in [-0.15, -0.1) is 0 Å². The highest BCUT2D eigenvalue weighted by molar-refractivity contribution is 5.92. The number of nitrogens with zero attached hydrogens (tertiary/aromatic N) is 3. The predicted molar refractivity (Wildman–Crippen MR) is 74.3 cm³/mol. The molecule has 1 aliphatic heterocycles. The number of hydrogen-bond acceptors (Lipinski definition) is 3. The molecule has 6 heteroatoms. The van der Waals surface area contributed by atoms with Crippen molar-refractivity contribution in [2.24, 2.45) is 5.92 Å². The summed E-state index contributed by atoms with van der Waals surface area (Å²) in [6, 6.07) is 1.81. The summed E-state index contributed by atoms with van der Waals surface area (Å²) in [7, 11) is 0. The van der Waals surface area contributed by atoms with Gasteiger partial charge in [0, 0.05) is 37.6 Å². The van der Waals surface area contributed by atoms with Crippen molar-refractivity contribution in [3.63, 3.8) is 0 Å². The third kappa shape index (κ3) is 2.59. The molecule has 0 saturated heterocycles. The first kappa shape index (κ1) is 12.9. The zero-order valence-electron chi connectivity index (χ0n) is 11.6. The van der Waals surface area contributed by atoms with Gasteiger partial charge in [0.2, 0.25) is 0 Å². The number of nitrogens with one attached hydrogen (secondary N) is 2. The van der Waals surface area contributed by atoms with Crippen LogP contribution in [0.5, 0.6) is 0 Å². The molecule has 6 nitrogen and oxygen atoms in total. The molecule has 1 unspecified atom stereocenters. The summed E-state index contributed by atoms with van der Waals surface area (Å²) in [4.78, 5) is 16.3. The average molecular weight is 273 g/mol. The standard InChI is InChI=1S/C14H19N5O/c1-2-11-8-12(18-17-11)14(20)16-9-10-3-5-19-6-4-15-13(19)7-10/h4,6,8,10H,2-3,5,7,9H2,1H3,(H,16,20)(H,17,18). The number of aromatic nitrogens is 4. The minimum Gasteiger partial charge on any atom is -0.350 e. The second-order valence-corrected chi connectivity index (χ2v) is 5.24. The van der Waals surface area contributed by atoms with Crippen LogP contribution in [-0.2, 0) is 19.4 Å². The molecule has 2 N–H and O–H groups in total. The van der Waals surface area contributed by atoms with Crippen molar-refractivity contribution >= 4 is 5.91 Å². The van der Waals surface area contributed by atoms with Gasteiger partial charge in [0.05, 0.1) is 0 Å². The van der Waals surface area contributed by atoms with E-state index in [0.29, 0.717) is 18.2 Å². The number of rotatable bonds is 4. The number of aromatic amines is 1. The molecule has 106 valence electrons. The number of fused-ring (bicyclic) bond motifs is 1. The van der Waals surface area contributed by atoms with Crippen LogP contribution in [0.4, 0.5) is 0 Å². The Labute approximate surface area is 117 Å². The van der Waals surface area contributed by atoms with Crippen molar-refractivity contribution in [1.29, 1.82) is 0 Å². The van der Waals surface area contributed by atoms with E-state index < -0.39 is 0 Å². The lowest BCUT2D eigenvalue weighted by Gasteiger charge is -2.23. The van der Waals surface area contributed by atoms with E-state index in [2.05, 4.69) is 25.1 Å². The summed E-state index contributed by atoms with van der Waals surface area (Å²) in [6.45, 7) is 3.69. The van der Waals surface area contributed by atoms with Crippen molar-refractivity contribution in [2.45, 2.75) is 32.7 Å². The highest BCUT2D eigenvalue weighted by atomic mass is 16.1. The minimum atomic E-state index is -0.102. The Balaban J connectivity index is 1.54. The van der Waals surface area contributed by atoms with E-state index in [9.17, 15) is 4.79 Å². The molecule has 1 amide bonds. The quantitative estimate of drug-likeness (QED) is 0.877. The van der Waals surface area contributed by atoms with Crippen molar-refractivity contribution in [1.82, 2.24) is 25.1 Å². The van der Waals surface area contributed by atoms with E-state index in [1.165, 1.54) is 0 Å². The second-order valence-electron chi connectivity index (χ2n) is 5.24. The molecule has 2 aromatic heterocycles. The van der Waals surface area contributed by atoms with Gasteiger partial charge in [-0.25, -0.2) is 4.98 Å². The number of carbonyl (C=O) groups excluding carboxylic acids is 1. The van der Waals surface area contributed by atoms with Gasteiger partial charge in [0.1, 0.15) is 11.5 Å². The van der Waals surface area contributed by atoms with Crippen LogP contribution in [0.25, 0.3) is 0 Å². The molecule has 0 saturated carbocycles. The Kier molecular flexibility index (Phi) is 3.54. The Bertz CT molecular complexity index is 600. The average Bonchev–Trinajstić information content (AvgIpc) is 3.12. The molecule has 1 aliphatic rings. The van der Waals surface area contributed by atoms with Crippen LogP contribution >= 0.6 is 0 Å². The number of aryl methyl sites for hydroxylation is 2. The fraction of sp³-hybridized carbons (Fsp3) is 0.500. The van der Waals surface area contributed by atoms with Gasteiger partial charge in [-0.1, -0.05) is 6.92 Å². The number of H-pyrrole nitrogens is 1. The first-order chi connectivity index (χ1) is 9.76. The van der Waals surface area contributed by atoms with Gasteiger partial charge in [0.25, 0.3) is 5.91 Å². The van der Waals surface area contributed by atoms with E-state index in [4.69, 9.17) is 0 Å². The Morgan fingerprint density at radius 3 is 3.30 bits per heavy atom. The molecule has 2 aromatic rings. The molecule has 0 aliphatic carbocycles. The zero-order chi connectivity index (χ0) is 13.9. The van der Waals surface area contributed by atoms with Crippen LogP contribution in [0.3, 0.4) is 0 Å².